The van der Waals surface area contributed by atoms with E-state index in [1.807, 2.05) is 0 Å². The van der Waals surface area contributed by atoms with Crippen molar-refractivity contribution in [2.24, 2.45) is 5.92 Å². The molecule has 1 saturated carbocycles. The van der Waals surface area contributed by atoms with E-state index in [0.29, 0.717) is 12.0 Å². The molecule has 2 rings (SSSR count). The number of hydrogen-bond acceptors (Lipinski definition) is 3. The third kappa shape index (κ3) is 3.43. The first kappa shape index (κ1) is 13.3. The average Bonchev–Trinajstić information content (AvgIpc) is 3.16. The molecular weight excluding hydrogens is 212 g/mol. The summed E-state index contributed by atoms with van der Waals surface area (Å²) >= 11 is 0. The molecule has 1 unspecified atom stereocenters. The maximum atomic E-state index is 9.59. The molecule has 0 aromatic carbocycles. The maximum absolute atomic E-state index is 9.59. The molecule has 3 heteroatoms. The summed E-state index contributed by atoms with van der Waals surface area (Å²) in [6.07, 6.45) is 6.32. The molecule has 2 fully saturated rings. The normalized spacial score (nSPS) is 27.0. The fourth-order valence-corrected chi connectivity index (χ4v) is 3.10. The number of hydrogen-bond donors (Lipinski definition) is 2. The zero-order valence-electron chi connectivity index (χ0n) is 11.4. The maximum Gasteiger partial charge on any atom is 0.0613 e. The van der Waals surface area contributed by atoms with Crippen LogP contribution in [0.4, 0.5) is 0 Å². The van der Waals surface area contributed by atoms with E-state index < -0.39 is 0 Å². The lowest BCUT2D eigenvalue weighted by Crippen LogP contribution is -2.55. The minimum absolute atomic E-state index is 0.0163. The largest absolute Gasteiger partial charge is 0.394 e. The fraction of sp³-hybridized carbons (Fsp3) is 1.00. The summed E-state index contributed by atoms with van der Waals surface area (Å²) in [5, 5.41) is 13.3. The second-order valence-corrected chi connectivity index (χ2v) is 6.11. The van der Waals surface area contributed by atoms with Crippen molar-refractivity contribution in [2.75, 3.05) is 26.2 Å². The summed E-state index contributed by atoms with van der Waals surface area (Å²) in [6, 6.07) is 0.612. The second kappa shape index (κ2) is 5.68. The Morgan fingerprint density at radius 3 is 2.35 bits per heavy atom. The number of aliphatic hydroxyl groups excluding tert-OH is 1. The molecule has 3 nitrogen and oxygen atoms in total. The van der Waals surface area contributed by atoms with Gasteiger partial charge in [-0.3, -0.25) is 0 Å². The van der Waals surface area contributed by atoms with Crippen molar-refractivity contribution >= 4 is 0 Å². The van der Waals surface area contributed by atoms with Gasteiger partial charge >= 0.3 is 0 Å². The molecule has 1 saturated heterocycles. The Labute approximate surface area is 106 Å². The smallest absolute Gasteiger partial charge is 0.0613 e. The number of nitrogens with one attached hydrogen (secondary N) is 1. The van der Waals surface area contributed by atoms with Crippen molar-refractivity contribution in [3.8, 4) is 0 Å². The summed E-state index contributed by atoms with van der Waals surface area (Å²) < 4.78 is 0. The fourth-order valence-electron chi connectivity index (χ4n) is 3.10. The number of aliphatic hydroxyl groups is 1. The minimum atomic E-state index is -0.0163. The molecule has 1 heterocycles. The lowest BCUT2D eigenvalue weighted by Gasteiger charge is -2.38. The summed E-state index contributed by atoms with van der Waals surface area (Å²) in [7, 11) is 0. The van der Waals surface area contributed by atoms with Crippen LogP contribution in [0.1, 0.15) is 46.0 Å². The average molecular weight is 240 g/mol. The Morgan fingerprint density at radius 1 is 1.24 bits per heavy atom. The highest BCUT2D eigenvalue weighted by Gasteiger charge is 2.42. The highest BCUT2D eigenvalue weighted by molar-refractivity contribution is 4.99. The molecule has 0 aromatic rings. The second-order valence-electron chi connectivity index (χ2n) is 6.11. The van der Waals surface area contributed by atoms with Gasteiger partial charge in [0.05, 0.1) is 6.61 Å². The minimum Gasteiger partial charge on any atom is -0.394 e. The van der Waals surface area contributed by atoms with Crippen LogP contribution in [-0.2, 0) is 0 Å². The summed E-state index contributed by atoms with van der Waals surface area (Å²) in [4.78, 5) is 2.56. The van der Waals surface area contributed by atoms with Crippen molar-refractivity contribution in [3.63, 3.8) is 0 Å². The van der Waals surface area contributed by atoms with Crippen LogP contribution in [0.2, 0.25) is 0 Å². The van der Waals surface area contributed by atoms with E-state index in [1.54, 1.807) is 0 Å². The predicted molar refractivity (Wildman–Crippen MR) is 71.1 cm³/mol. The van der Waals surface area contributed by atoms with Crippen molar-refractivity contribution in [1.29, 1.82) is 0 Å². The van der Waals surface area contributed by atoms with E-state index in [-0.39, 0.29) is 12.1 Å². The number of rotatable bonds is 6. The van der Waals surface area contributed by atoms with E-state index >= 15 is 0 Å². The van der Waals surface area contributed by atoms with Crippen LogP contribution < -0.4 is 5.32 Å². The van der Waals surface area contributed by atoms with Crippen molar-refractivity contribution in [2.45, 2.75) is 57.5 Å². The molecule has 17 heavy (non-hydrogen) atoms. The Bertz CT molecular complexity index is 234. The molecule has 100 valence electrons. The lowest BCUT2D eigenvalue weighted by molar-refractivity contribution is 0.115. The van der Waals surface area contributed by atoms with Crippen LogP contribution >= 0.6 is 0 Å². The first-order chi connectivity index (χ1) is 8.18. The van der Waals surface area contributed by atoms with Gasteiger partial charge in [-0.05, 0) is 64.6 Å². The zero-order valence-corrected chi connectivity index (χ0v) is 11.4. The van der Waals surface area contributed by atoms with E-state index in [1.165, 1.54) is 51.7 Å². The first-order valence-electron chi connectivity index (χ1n) is 7.29. The Kier molecular flexibility index (Phi) is 4.45. The van der Waals surface area contributed by atoms with Crippen molar-refractivity contribution < 1.29 is 5.11 Å². The van der Waals surface area contributed by atoms with Crippen LogP contribution in [0.25, 0.3) is 0 Å². The third-order valence-electron chi connectivity index (χ3n) is 4.47. The summed E-state index contributed by atoms with van der Waals surface area (Å²) in [6.45, 7) is 8.41. The lowest BCUT2D eigenvalue weighted by atomic mass is 9.93. The predicted octanol–water partition coefficient (Wildman–Crippen LogP) is 1.61. The van der Waals surface area contributed by atoms with Crippen LogP contribution in [0.3, 0.4) is 0 Å². The van der Waals surface area contributed by atoms with Gasteiger partial charge in [0, 0.05) is 11.6 Å². The standard InChI is InChI=1S/C14H28N2O/c1-3-8-16-9-6-13(7-10-16)15-14(2,11-17)12-4-5-12/h12-13,15,17H,3-11H2,1-2H3. The van der Waals surface area contributed by atoms with Gasteiger partial charge in [0.1, 0.15) is 0 Å². The Hall–Kier alpha value is -0.120. The van der Waals surface area contributed by atoms with E-state index in [0.717, 1.165) is 0 Å². The van der Waals surface area contributed by atoms with Gasteiger partial charge in [0.15, 0.2) is 0 Å². The Balaban J connectivity index is 1.76. The van der Waals surface area contributed by atoms with Crippen LogP contribution in [0, 0.1) is 5.92 Å². The molecule has 0 spiro atoms. The van der Waals surface area contributed by atoms with Gasteiger partial charge in [0.25, 0.3) is 0 Å². The zero-order chi connectivity index (χ0) is 12.3. The number of piperidine rings is 1. The molecule has 0 radical (unpaired) electrons. The van der Waals surface area contributed by atoms with Gasteiger partial charge in [-0.2, -0.15) is 0 Å². The molecule has 0 amide bonds. The Morgan fingerprint density at radius 2 is 1.88 bits per heavy atom. The molecule has 1 atom stereocenters. The van der Waals surface area contributed by atoms with Crippen LogP contribution in [0.5, 0.6) is 0 Å². The van der Waals surface area contributed by atoms with E-state index in [9.17, 15) is 5.11 Å². The number of nitrogens with zero attached hydrogens (tertiary/aromatic N) is 1. The van der Waals surface area contributed by atoms with E-state index in [4.69, 9.17) is 0 Å². The molecule has 0 aromatic heterocycles. The topological polar surface area (TPSA) is 35.5 Å². The quantitative estimate of drug-likeness (QED) is 0.740. The van der Waals surface area contributed by atoms with Gasteiger partial charge in [-0.15, -0.1) is 0 Å². The van der Waals surface area contributed by atoms with Crippen molar-refractivity contribution in [1.82, 2.24) is 10.2 Å². The van der Waals surface area contributed by atoms with Gasteiger partial charge in [0.2, 0.25) is 0 Å². The summed E-state index contributed by atoms with van der Waals surface area (Å²) in [5.41, 5.74) is -0.0163. The monoisotopic (exact) mass is 240 g/mol. The third-order valence-corrected chi connectivity index (χ3v) is 4.47. The molecule has 2 aliphatic rings. The van der Waals surface area contributed by atoms with Crippen molar-refractivity contribution in [3.05, 3.63) is 0 Å². The van der Waals surface area contributed by atoms with E-state index in [2.05, 4.69) is 24.1 Å². The molecule has 1 aliphatic carbocycles. The molecule has 2 N–H and O–H groups in total. The van der Waals surface area contributed by atoms with Crippen LogP contribution in [-0.4, -0.2) is 47.8 Å². The molecule has 1 aliphatic heterocycles. The molecular formula is C14H28N2O. The van der Waals surface area contributed by atoms with Gasteiger partial charge in [-0.1, -0.05) is 6.92 Å². The SMILES string of the molecule is CCCN1CCC(NC(C)(CO)C2CC2)CC1. The first-order valence-corrected chi connectivity index (χ1v) is 7.29. The van der Waals surface area contributed by atoms with Gasteiger partial charge in [-0.25, -0.2) is 0 Å². The highest BCUT2D eigenvalue weighted by Crippen LogP contribution is 2.39. The number of likely N-dealkylation sites (tertiary alicyclic amines) is 1. The highest BCUT2D eigenvalue weighted by atomic mass is 16.3. The van der Waals surface area contributed by atoms with Gasteiger partial charge < -0.3 is 15.3 Å². The van der Waals surface area contributed by atoms with Crippen LogP contribution in [0.15, 0.2) is 0 Å². The molecule has 0 bridgehead atoms. The summed E-state index contributed by atoms with van der Waals surface area (Å²) in [5.74, 6) is 0.709.